The van der Waals surface area contributed by atoms with Gasteiger partial charge >= 0.3 is 0 Å². The van der Waals surface area contributed by atoms with Crippen LogP contribution < -0.4 is 15.4 Å². The maximum Gasteiger partial charge on any atom is 0.243 e. The van der Waals surface area contributed by atoms with Crippen LogP contribution in [0.25, 0.3) is 0 Å². The topological polar surface area (TPSA) is 50.4 Å². The van der Waals surface area contributed by atoms with E-state index in [-0.39, 0.29) is 12.5 Å². The molecule has 0 aliphatic heterocycles. The van der Waals surface area contributed by atoms with E-state index in [1.165, 1.54) is 0 Å². The van der Waals surface area contributed by atoms with Gasteiger partial charge in [-0.15, -0.1) is 0 Å². The molecule has 0 fully saturated rings. The smallest absolute Gasteiger partial charge is 0.243 e. The molecule has 116 valence electrons. The first kappa shape index (κ1) is 16.7. The maximum atomic E-state index is 12.0. The zero-order chi connectivity index (χ0) is 16.1. The van der Waals surface area contributed by atoms with Crippen LogP contribution in [0.4, 0.5) is 11.4 Å². The third-order valence-corrected chi connectivity index (χ3v) is 3.59. The molecule has 0 saturated heterocycles. The lowest BCUT2D eigenvalue weighted by molar-refractivity contribution is -0.114. The number of anilines is 2. The number of ether oxygens (including phenoxy) is 1. The minimum atomic E-state index is -0.258. The standard InChI is InChI=1S/C15H13Cl3N2O2/c1-22-14-5-3-10(17)7-13(14)19-8-15(21)20-12-4-2-9(16)6-11(12)18/h2-7,19H,8H2,1H3,(H,20,21). The summed E-state index contributed by atoms with van der Waals surface area (Å²) in [5.74, 6) is 0.341. The van der Waals surface area contributed by atoms with E-state index in [1.807, 2.05) is 0 Å². The number of benzene rings is 2. The Labute approximate surface area is 143 Å². The van der Waals surface area contributed by atoms with E-state index in [2.05, 4.69) is 10.6 Å². The van der Waals surface area contributed by atoms with E-state index in [1.54, 1.807) is 43.5 Å². The van der Waals surface area contributed by atoms with Gasteiger partial charge in [-0.3, -0.25) is 4.79 Å². The van der Waals surface area contributed by atoms with Crippen molar-refractivity contribution in [3.05, 3.63) is 51.5 Å². The summed E-state index contributed by atoms with van der Waals surface area (Å²) in [5.41, 5.74) is 1.13. The molecule has 0 spiro atoms. The average Bonchev–Trinajstić information content (AvgIpc) is 2.48. The van der Waals surface area contributed by atoms with Gasteiger partial charge in [-0.25, -0.2) is 0 Å². The van der Waals surface area contributed by atoms with Crippen LogP contribution in [0.5, 0.6) is 5.75 Å². The number of hydrogen-bond donors (Lipinski definition) is 2. The molecule has 0 aliphatic carbocycles. The van der Waals surface area contributed by atoms with Crippen LogP contribution >= 0.6 is 34.8 Å². The number of nitrogens with one attached hydrogen (secondary N) is 2. The minimum Gasteiger partial charge on any atom is -0.495 e. The second kappa shape index (κ2) is 7.58. The van der Waals surface area contributed by atoms with Crippen LogP contribution in [0.2, 0.25) is 15.1 Å². The SMILES string of the molecule is COc1ccc(Cl)cc1NCC(=O)Nc1ccc(Cl)cc1Cl. The van der Waals surface area contributed by atoms with Crippen LogP contribution in [0.1, 0.15) is 0 Å². The molecule has 22 heavy (non-hydrogen) atoms. The summed E-state index contributed by atoms with van der Waals surface area (Å²) >= 11 is 17.7. The van der Waals surface area contributed by atoms with Crippen LogP contribution in [-0.2, 0) is 4.79 Å². The molecule has 7 heteroatoms. The first-order chi connectivity index (χ1) is 10.5. The largest absolute Gasteiger partial charge is 0.495 e. The zero-order valence-electron chi connectivity index (χ0n) is 11.6. The Balaban J connectivity index is 2.00. The number of methoxy groups -OCH3 is 1. The molecule has 0 aromatic heterocycles. The van der Waals surface area contributed by atoms with E-state index in [9.17, 15) is 4.79 Å². The second-order valence-electron chi connectivity index (χ2n) is 4.37. The summed E-state index contributed by atoms with van der Waals surface area (Å²) in [7, 11) is 1.54. The number of amides is 1. The number of carbonyl (C=O) groups excluding carboxylic acids is 1. The average molecular weight is 360 g/mol. The highest BCUT2D eigenvalue weighted by Crippen LogP contribution is 2.28. The second-order valence-corrected chi connectivity index (χ2v) is 5.65. The van der Waals surface area contributed by atoms with E-state index in [0.29, 0.717) is 32.2 Å². The predicted molar refractivity (Wildman–Crippen MR) is 91.6 cm³/mol. The van der Waals surface area contributed by atoms with Crippen LogP contribution in [0, 0.1) is 0 Å². The number of halogens is 3. The van der Waals surface area contributed by atoms with Gasteiger partial charge in [0.25, 0.3) is 0 Å². The number of hydrogen-bond acceptors (Lipinski definition) is 3. The zero-order valence-corrected chi connectivity index (χ0v) is 13.9. The van der Waals surface area contributed by atoms with Gasteiger partial charge in [-0.2, -0.15) is 0 Å². The Morgan fingerprint density at radius 2 is 1.73 bits per heavy atom. The summed E-state index contributed by atoms with van der Waals surface area (Å²) < 4.78 is 5.19. The van der Waals surface area contributed by atoms with Crippen molar-refractivity contribution in [2.24, 2.45) is 0 Å². The Hall–Kier alpha value is -1.62. The van der Waals surface area contributed by atoms with Crippen molar-refractivity contribution >= 4 is 52.1 Å². The van der Waals surface area contributed by atoms with Gasteiger partial charge in [0.05, 0.1) is 30.1 Å². The van der Waals surface area contributed by atoms with Gasteiger partial charge in [0.1, 0.15) is 5.75 Å². The van der Waals surface area contributed by atoms with Crippen LogP contribution in [0.15, 0.2) is 36.4 Å². The monoisotopic (exact) mass is 358 g/mol. The number of carbonyl (C=O) groups is 1. The summed E-state index contributed by atoms with van der Waals surface area (Å²) in [6, 6.07) is 9.96. The van der Waals surface area contributed by atoms with Gasteiger partial charge in [-0.1, -0.05) is 34.8 Å². The van der Waals surface area contributed by atoms with Crippen molar-refractivity contribution in [3.8, 4) is 5.75 Å². The van der Waals surface area contributed by atoms with Crippen LogP contribution in [0.3, 0.4) is 0 Å². The highest BCUT2D eigenvalue weighted by atomic mass is 35.5. The molecule has 2 rings (SSSR count). The molecule has 0 heterocycles. The number of rotatable bonds is 5. The minimum absolute atomic E-state index is 0.0374. The van der Waals surface area contributed by atoms with E-state index in [4.69, 9.17) is 39.5 Å². The van der Waals surface area contributed by atoms with Crippen LogP contribution in [-0.4, -0.2) is 19.6 Å². The molecule has 2 N–H and O–H groups in total. The lowest BCUT2D eigenvalue weighted by atomic mass is 10.3. The summed E-state index contributed by atoms with van der Waals surface area (Å²) in [6.07, 6.45) is 0. The van der Waals surface area contributed by atoms with Gasteiger partial charge in [0, 0.05) is 10.0 Å². The van der Waals surface area contributed by atoms with Crippen molar-refractivity contribution in [3.63, 3.8) is 0 Å². The molecule has 0 atom stereocenters. The molecule has 0 saturated carbocycles. The molecule has 0 aliphatic rings. The molecule has 2 aromatic rings. The fraction of sp³-hybridized carbons (Fsp3) is 0.133. The highest BCUT2D eigenvalue weighted by Gasteiger charge is 2.08. The first-order valence-electron chi connectivity index (χ1n) is 6.32. The van der Waals surface area contributed by atoms with Gasteiger partial charge in [-0.05, 0) is 36.4 Å². The molecule has 1 amide bonds. The summed E-state index contributed by atoms with van der Waals surface area (Å²) in [5, 5.41) is 7.09. The van der Waals surface area contributed by atoms with Gasteiger partial charge < -0.3 is 15.4 Å². The normalized spacial score (nSPS) is 10.2. The Morgan fingerprint density at radius 1 is 1.05 bits per heavy atom. The van der Waals surface area contributed by atoms with Crippen molar-refractivity contribution in [2.75, 3.05) is 24.3 Å². The summed E-state index contributed by atoms with van der Waals surface area (Å²) in [6.45, 7) is 0.0374. The quantitative estimate of drug-likeness (QED) is 0.813. The molecule has 4 nitrogen and oxygen atoms in total. The predicted octanol–water partition coefficient (Wildman–Crippen LogP) is 4.71. The first-order valence-corrected chi connectivity index (χ1v) is 7.45. The van der Waals surface area contributed by atoms with E-state index < -0.39 is 0 Å². The molecular weight excluding hydrogens is 347 g/mol. The lowest BCUT2D eigenvalue weighted by Crippen LogP contribution is -2.22. The Kier molecular flexibility index (Phi) is 5.77. The highest BCUT2D eigenvalue weighted by molar-refractivity contribution is 6.36. The van der Waals surface area contributed by atoms with Crippen molar-refractivity contribution < 1.29 is 9.53 Å². The van der Waals surface area contributed by atoms with Gasteiger partial charge in [0.15, 0.2) is 0 Å². The Morgan fingerprint density at radius 3 is 2.41 bits per heavy atom. The van der Waals surface area contributed by atoms with Crippen molar-refractivity contribution in [1.29, 1.82) is 0 Å². The fourth-order valence-corrected chi connectivity index (χ4v) is 2.41. The molecule has 0 bridgehead atoms. The third-order valence-electron chi connectivity index (χ3n) is 2.81. The van der Waals surface area contributed by atoms with E-state index in [0.717, 1.165) is 0 Å². The Bertz CT molecular complexity index is 692. The van der Waals surface area contributed by atoms with E-state index >= 15 is 0 Å². The maximum absolute atomic E-state index is 12.0. The molecule has 0 radical (unpaired) electrons. The molecular formula is C15H13Cl3N2O2. The van der Waals surface area contributed by atoms with Crippen molar-refractivity contribution in [2.45, 2.75) is 0 Å². The molecule has 2 aromatic carbocycles. The summed E-state index contributed by atoms with van der Waals surface area (Å²) in [4.78, 5) is 12.0. The van der Waals surface area contributed by atoms with Crippen molar-refractivity contribution in [1.82, 2.24) is 0 Å². The molecule has 0 unspecified atom stereocenters. The lowest BCUT2D eigenvalue weighted by Gasteiger charge is -2.12. The van der Waals surface area contributed by atoms with Gasteiger partial charge in [0.2, 0.25) is 5.91 Å². The third kappa shape index (κ3) is 4.44. The fourth-order valence-electron chi connectivity index (χ4n) is 1.78.